The molecule has 0 spiro atoms. The summed E-state index contributed by atoms with van der Waals surface area (Å²) < 4.78 is 1.82. The number of aryl methyl sites for hydroxylation is 1. The molecule has 2 rings (SSSR count). The second-order valence-corrected chi connectivity index (χ2v) is 3.13. The van der Waals surface area contributed by atoms with Crippen LogP contribution >= 0.6 is 0 Å². The maximum atomic E-state index is 10.9. The number of carbonyl (C=O) groups is 1. The summed E-state index contributed by atoms with van der Waals surface area (Å²) in [4.78, 5) is 15.3. The lowest BCUT2D eigenvalue weighted by molar-refractivity contribution is 0.1000. The van der Waals surface area contributed by atoms with E-state index >= 15 is 0 Å². The SMILES string of the molecule is CCc1cn2cc(C(N)=O)ccc2n1. The van der Waals surface area contributed by atoms with Gasteiger partial charge in [-0.05, 0) is 18.6 Å². The van der Waals surface area contributed by atoms with Crippen LogP contribution in [0.15, 0.2) is 24.5 Å². The molecule has 72 valence electrons. The molecular formula is C10H11N3O. The largest absolute Gasteiger partial charge is 0.366 e. The fourth-order valence-electron chi connectivity index (χ4n) is 1.36. The summed E-state index contributed by atoms with van der Waals surface area (Å²) in [5.74, 6) is -0.418. The average molecular weight is 189 g/mol. The standard InChI is InChI=1S/C10H11N3O/c1-2-8-6-13-5-7(10(11)14)3-4-9(13)12-8/h3-6H,2H2,1H3,(H2,11,14). The van der Waals surface area contributed by atoms with Gasteiger partial charge in [-0.15, -0.1) is 0 Å². The van der Waals surface area contributed by atoms with Gasteiger partial charge >= 0.3 is 0 Å². The summed E-state index contributed by atoms with van der Waals surface area (Å²) in [7, 11) is 0. The van der Waals surface area contributed by atoms with E-state index in [9.17, 15) is 4.79 Å². The van der Waals surface area contributed by atoms with E-state index in [2.05, 4.69) is 4.98 Å². The summed E-state index contributed by atoms with van der Waals surface area (Å²) in [5, 5.41) is 0. The van der Waals surface area contributed by atoms with Crippen LogP contribution in [0.3, 0.4) is 0 Å². The summed E-state index contributed by atoms with van der Waals surface area (Å²) >= 11 is 0. The van der Waals surface area contributed by atoms with Crippen molar-refractivity contribution in [2.24, 2.45) is 5.73 Å². The zero-order valence-electron chi connectivity index (χ0n) is 7.90. The Morgan fingerprint density at radius 2 is 2.29 bits per heavy atom. The van der Waals surface area contributed by atoms with Crippen molar-refractivity contribution in [1.29, 1.82) is 0 Å². The molecule has 2 aromatic heterocycles. The van der Waals surface area contributed by atoms with Gasteiger partial charge in [-0.25, -0.2) is 4.98 Å². The van der Waals surface area contributed by atoms with Gasteiger partial charge in [0.05, 0.1) is 11.3 Å². The molecule has 2 N–H and O–H groups in total. The minimum Gasteiger partial charge on any atom is -0.366 e. The van der Waals surface area contributed by atoms with Crippen molar-refractivity contribution in [3.05, 3.63) is 35.8 Å². The molecule has 0 radical (unpaired) electrons. The number of aromatic nitrogens is 2. The van der Waals surface area contributed by atoms with Crippen LogP contribution in [-0.4, -0.2) is 15.3 Å². The normalized spacial score (nSPS) is 10.6. The maximum Gasteiger partial charge on any atom is 0.250 e. The first-order valence-electron chi connectivity index (χ1n) is 4.48. The van der Waals surface area contributed by atoms with Crippen molar-refractivity contribution >= 4 is 11.6 Å². The highest BCUT2D eigenvalue weighted by Gasteiger charge is 2.03. The molecule has 0 bridgehead atoms. The summed E-state index contributed by atoms with van der Waals surface area (Å²) in [5.41, 5.74) is 7.51. The third-order valence-electron chi connectivity index (χ3n) is 2.15. The Labute approximate surface area is 81.4 Å². The molecule has 0 aliphatic rings. The van der Waals surface area contributed by atoms with E-state index in [0.717, 1.165) is 17.8 Å². The Hall–Kier alpha value is -1.84. The van der Waals surface area contributed by atoms with Crippen LogP contribution in [-0.2, 0) is 6.42 Å². The number of nitrogens with two attached hydrogens (primary N) is 1. The van der Waals surface area contributed by atoms with Gasteiger partial charge in [-0.2, -0.15) is 0 Å². The number of carbonyl (C=O) groups excluding carboxylic acids is 1. The van der Waals surface area contributed by atoms with Crippen molar-refractivity contribution in [3.63, 3.8) is 0 Å². The molecule has 0 aliphatic carbocycles. The molecular weight excluding hydrogens is 178 g/mol. The number of pyridine rings is 1. The van der Waals surface area contributed by atoms with Gasteiger partial charge in [-0.1, -0.05) is 6.92 Å². The predicted octanol–water partition coefficient (Wildman–Crippen LogP) is 0.996. The number of amides is 1. The van der Waals surface area contributed by atoms with E-state index in [1.165, 1.54) is 0 Å². The van der Waals surface area contributed by atoms with E-state index in [-0.39, 0.29) is 0 Å². The lowest BCUT2D eigenvalue weighted by Crippen LogP contribution is -2.11. The van der Waals surface area contributed by atoms with Crippen molar-refractivity contribution in [3.8, 4) is 0 Å². The van der Waals surface area contributed by atoms with E-state index in [1.807, 2.05) is 17.5 Å². The monoisotopic (exact) mass is 189 g/mol. The molecule has 1 amide bonds. The van der Waals surface area contributed by atoms with Crippen LogP contribution in [0, 0.1) is 0 Å². The van der Waals surface area contributed by atoms with Gasteiger partial charge in [0.25, 0.3) is 0 Å². The van der Waals surface area contributed by atoms with Crippen molar-refractivity contribution < 1.29 is 4.79 Å². The topological polar surface area (TPSA) is 60.4 Å². The molecule has 4 nitrogen and oxygen atoms in total. The van der Waals surface area contributed by atoms with Crippen LogP contribution in [0.25, 0.3) is 5.65 Å². The molecule has 4 heteroatoms. The van der Waals surface area contributed by atoms with Gasteiger partial charge in [0.15, 0.2) is 0 Å². The molecule has 14 heavy (non-hydrogen) atoms. The number of hydrogen-bond acceptors (Lipinski definition) is 2. The van der Waals surface area contributed by atoms with E-state index in [0.29, 0.717) is 5.56 Å². The maximum absolute atomic E-state index is 10.9. The van der Waals surface area contributed by atoms with Crippen LogP contribution in [0.4, 0.5) is 0 Å². The van der Waals surface area contributed by atoms with Crippen molar-refractivity contribution in [1.82, 2.24) is 9.38 Å². The Bertz CT molecular complexity index is 487. The quantitative estimate of drug-likeness (QED) is 0.766. The zero-order valence-corrected chi connectivity index (χ0v) is 7.90. The average Bonchev–Trinajstić information content (AvgIpc) is 2.58. The van der Waals surface area contributed by atoms with Gasteiger partial charge in [0, 0.05) is 12.4 Å². The molecule has 0 unspecified atom stereocenters. The first-order chi connectivity index (χ1) is 6.70. The smallest absolute Gasteiger partial charge is 0.250 e. The molecule has 0 saturated heterocycles. The van der Waals surface area contributed by atoms with Crippen molar-refractivity contribution in [2.45, 2.75) is 13.3 Å². The Kier molecular flexibility index (Phi) is 1.96. The number of primary amides is 1. The van der Waals surface area contributed by atoms with Gasteiger partial charge in [-0.3, -0.25) is 4.79 Å². The second kappa shape index (κ2) is 3.14. The highest BCUT2D eigenvalue weighted by molar-refractivity contribution is 5.92. The first-order valence-corrected chi connectivity index (χ1v) is 4.48. The predicted molar refractivity (Wildman–Crippen MR) is 53.1 cm³/mol. The minimum absolute atomic E-state index is 0.418. The molecule has 0 aromatic carbocycles. The Morgan fingerprint density at radius 1 is 1.50 bits per heavy atom. The number of rotatable bonds is 2. The van der Waals surface area contributed by atoms with Gasteiger partial charge in [0.1, 0.15) is 5.65 Å². The number of imidazole rings is 1. The minimum atomic E-state index is -0.418. The summed E-state index contributed by atoms with van der Waals surface area (Å²) in [6, 6.07) is 3.48. The second-order valence-electron chi connectivity index (χ2n) is 3.13. The molecule has 0 aliphatic heterocycles. The highest BCUT2D eigenvalue weighted by atomic mass is 16.1. The summed E-state index contributed by atoms with van der Waals surface area (Å²) in [6.07, 6.45) is 4.49. The zero-order chi connectivity index (χ0) is 10.1. The van der Waals surface area contributed by atoms with Crippen LogP contribution in [0.2, 0.25) is 0 Å². The third kappa shape index (κ3) is 1.35. The number of hydrogen-bond donors (Lipinski definition) is 1. The first kappa shape index (κ1) is 8.74. The molecule has 0 atom stereocenters. The Morgan fingerprint density at radius 3 is 2.93 bits per heavy atom. The van der Waals surface area contributed by atoms with E-state index in [1.54, 1.807) is 18.3 Å². The van der Waals surface area contributed by atoms with E-state index in [4.69, 9.17) is 5.73 Å². The fraction of sp³-hybridized carbons (Fsp3) is 0.200. The number of nitrogens with zero attached hydrogens (tertiary/aromatic N) is 2. The molecule has 2 heterocycles. The molecule has 2 aromatic rings. The molecule has 0 fully saturated rings. The highest BCUT2D eigenvalue weighted by Crippen LogP contribution is 2.07. The Balaban J connectivity index is 2.59. The van der Waals surface area contributed by atoms with Crippen LogP contribution in [0.1, 0.15) is 23.0 Å². The van der Waals surface area contributed by atoms with Crippen molar-refractivity contribution in [2.75, 3.05) is 0 Å². The van der Waals surface area contributed by atoms with E-state index < -0.39 is 5.91 Å². The number of fused-ring (bicyclic) bond motifs is 1. The lowest BCUT2D eigenvalue weighted by atomic mass is 10.3. The van der Waals surface area contributed by atoms with Gasteiger partial charge in [0.2, 0.25) is 5.91 Å². The lowest BCUT2D eigenvalue weighted by Gasteiger charge is -1.95. The van der Waals surface area contributed by atoms with Crippen LogP contribution in [0.5, 0.6) is 0 Å². The van der Waals surface area contributed by atoms with Gasteiger partial charge < -0.3 is 10.1 Å². The van der Waals surface area contributed by atoms with Crippen LogP contribution < -0.4 is 5.73 Å². The third-order valence-corrected chi connectivity index (χ3v) is 2.15. The fourth-order valence-corrected chi connectivity index (χ4v) is 1.36. The molecule has 0 saturated carbocycles. The summed E-state index contributed by atoms with van der Waals surface area (Å²) in [6.45, 7) is 2.04.